The molecule has 0 aromatic heterocycles. The average molecular weight is 213 g/mol. The van der Waals surface area contributed by atoms with E-state index in [1.807, 2.05) is 0 Å². The molecule has 0 amide bonds. The predicted octanol–water partition coefficient (Wildman–Crippen LogP) is 1.06. The molecule has 0 radical (unpaired) electrons. The second-order valence-corrected chi connectivity index (χ2v) is 4.59. The number of nitrogens with one attached hydrogen (secondary N) is 2. The maximum Gasteiger partial charge on any atom is 0.0319 e. The van der Waals surface area contributed by atoms with Crippen molar-refractivity contribution in [1.29, 1.82) is 0 Å². The highest BCUT2D eigenvalue weighted by molar-refractivity contribution is 4.83. The molecule has 1 heterocycles. The van der Waals surface area contributed by atoms with E-state index >= 15 is 0 Å². The summed E-state index contributed by atoms with van der Waals surface area (Å²) in [6.07, 6.45) is 2.61. The number of nitrogens with zero attached hydrogens (tertiary/aromatic N) is 1. The van der Waals surface area contributed by atoms with Crippen molar-refractivity contribution in [3.05, 3.63) is 0 Å². The van der Waals surface area contributed by atoms with E-state index in [1.54, 1.807) is 0 Å². The molecule has 1 rings (SSSR count). The van der Waals surface area contributed by atoms with Crippen molar-refractivity contribution in [3.63, 3.8) is 0 Å². The van der Waals surface area contributed by atoms with Gasteiger partial charge in [0.05, 0.1) is 0 Å². The molecule has 1 fully saturated rings. The van der Waals surface area contributed by atoms with Gasteiger partial charge in [-0.2, -0.15) is 0 Å². The highest BCUT2D eigenvalue weighted by Crippen LogP contribution is 2.02. The molecule has 1 atom stereocenters. The highest BCUT2D eigenvalue weighted by Gasteiger charge is 2.17. The van der Waals surface area contributed by atoms with Crippen molar-refractivity contribution < 1.29 is 0 Å². The summed E-state index contributed by atoms with van der Waals surface area (Å²) < 4.78 is 0. The lowest BCUT2D eigenvalue weighted by molar-refractivity contribution is 0.279. The lowest BCUT2D eigenvalue weighted by Gasteiger charge is -2.31. The minimum atomic E-state index is 0.674. The fraction of sp³-hybridized carbons (Fsp3) is 1.00. The van der Waals surface area contributed by atoms with Crippen LogP contribution in [0.5, 0.6) is 0 Å². The summed E-state index contributed by atoms with van der Waals surface area (Å²) in [5.41, 5.74) is 0. The van der Waals surface area contributed by atoms with E-state index in [-0.39, 0.29) is 0 Å². The third-order valence-electron chi connectivity index (χ3n) is 3.31. The van der Waals surface area contributed by atoms with Crippen LogP contribution in [0.2, 0.25) is 0 Å². The molecule has 0 saturated carbocycles. The molecule has 3 heteroatoms. The van der Waals surface area contributed by atoms with E-state index in [0.717, 1.165) is 19.1 Å². The van der Waals surface area contributed by atoms with Crippen molar-refractivity contribution in [3.8, 4) is 0 Å². The summed E-state index contributed by atoms with van der Waals surface area (Å²) in [5, 5.41) is 6.93. The molecule has 15 heavy (non-hydrogen) atoms. The Bertz CT molecular complexity index is 153. The zero-order chi connectivity index (χ0) is 11.1. The van der Waals surface area contributed by atoms with Crippen LogP contribution in [0.3, 0.4) is 0 Å². The summed E-state index contributed by atoms with van der Waals surface area (Å²) in [5.74, 6) is 0. The van der Waals surface area contributed by atoms with E-state index in [4.69, 9.17) is 0 Å². The van der Waals surface area contributed by atoms with Crippen molar-refractivity contribution in [2.24, 2.45) is 0 Å². The largest absolute Gasteiger partial charge is 0.314 e. The Morgan fingerprint density at radius 3 is 2.47 bits per heavy atom. The molecule has 3 nitrogen and oxygen atoms in total. The van der Waals surface area contributed by atoms with Crippen molar-refractivity contribution in [2.45, 2.75) is 45.7 Å². The lowest BCUT2D eigenvalue weighted by Crippen LogP contribution is -2.57. The highest BCUT2D eigenvalue weighted by atomic mass is 15.1. The van der Waals surface area contributed by atoms with E-state index in [2.05, 4.69) is 36.3 Å². The van der Waals surface area contributed by atoms with E-state index < -0.39 is 0 Å². The summed E-state index contributed by atoms with van der Waals surface area (Å²) in [6, 6.07) is 1.40. The third kappa shape index (κ3) is 4.96. The van der Waals surface area contributed by atoms with Crippen LogP contribution in [0.4, 0.5) is 0 Å². The topological polar surface area (TPSA) is 27.3 Å². The first-order valence-corrected chi connectivity index (χ1v) is 6.45. The fourth-order valence-corrected chi connectivity index (χ4v) is 2.05. The first-order chi connectivity index (χ1) is 7.26. The molecule has 1 saturated heterocycles. The van der Waals surface area contributed by atoms with Gasteiger partial charge in [-0.3, -0.25) is 0 Å². The van der Waals surface area contributed by atoms with Crippen LogP contribution in [0.1, 0.15) is 33.6 Å². The Morgan fingerprint density at radius 2 is 2.00 bits per heavy atom. The summed E-state index contributed by atoms with van der Waals surface area (Å²) in [6.45, 7) is 12.7. The zero-order valence-electron chi connectivity index (χ0n) is 10.6. The van der Waals surface area contributed by atoms with Gasteiger partial charge in [0.25, 0.3) is 0 Å². The summed E-state index contributed by atoms with van der Waals surface area (Å²) in [4.78, 5) is 2.50. The molecule has 90 valence electrons. The van der Waals surface area contributed by atoms with E-state index in [9.17, 15) is 0 Å². The van der Waals surface area contributed by atoms with Gasteiger partial charge in [0.1, 0.15) is 0 Å². The Hall–Kier alpha value is -0.120. The van der Waals surface area contributed by atoms with Gasteiger partial charge in [0.2, 0.25) is 0 Å². The van der Waals surface area contributed by atoms with Crippen LogP contribution < -0.4 is 10.6 Å². The molecule has 0 spiro atoms. The van der Waals surface area contributed by atoms with Gasteiger partial charge in [-0.1, -0.05) is 13.8 Å². The predicted molar refractivity (Wildman–Crippen MR) is 66.3 cm³/mol. The van der Waals surface area contributed by atoms with Crippen LogP contribution in [0.25, 0.3) is 0 Å². The smallest absolute Gasteiger partial charge is 0.0319 e. The van der Waals surface area contributed by atoms with Gasteiger partial charge in [-0.25, -0.2) is 0 Å². The van der Waals surface area contributed by atoms with Gasteiger partial charge in [-0.05, 0) is 39.4 Å². The monoisotopic (exact) mass is 213 g/mol. The second kappa shape index (κ2) is 7.20. The van der Waals surface area contributed by atoms with E-state index in [0.29, 0.717) is 6.04 Å². The normalized spacial score (nSPS) is 19.2. The van der Waals surface area contributed by atoms with Gasteiger partial charge in [0, 0.05) is 25.2 Å². The fourth-order valence-electron chi connectivity index (χ4n) is 2.05. The quantitative estimate of drug-likeness (QED) is 0.631. The maximum atomic E-state index is 3.65. The molecule has 1 unspecified atom stereocenters. The third-order valence-corrected chi connectivity index (χ3v) is 3.31. The molecule has 0 aliphatic carbocycles. The number of hydrogen-bond donors (Lipinski definition) is 2. The molecule has 2 N–H and O–H groups in total. The molecular weight excluding hydrogens is 186 g/mol. The Labute approximate surface area is 94.6 Å². The number of rotatable bonds is 8. The van der Waals surface area contributed by atoms with Crippen molar-refractivity contribution >= 4 is 0 Å². The average Bonchev–Trinajstić information content (AvgIpc) is 2.18. The van der Waals surface area contributed by atoms with Gasteiger partial charge < -0.3 is 15.5 Å². The minimum Gasteiger partial charge on any atom is -0.314 e. The SMILES string of the molecule is CCN(CC)CCCC(C)NC1CNC1. The summed E-state index contributed by atoms with van der Waals surface area (Å²) in [7, 11) is 0. The molecule has 0 aromatic rings. The molecule has 1 aliphatic heterocycles. The van der Waals surface area contributed by atoms with Gasteiger partial charge in [-0.15, -0.1) is 0 Å². The Balaban J connectivity index is 1.97. The molecule has 1 aliphatic rings. The van der Waals surface area contributed by atoms with Crippen molar-refractivity contribution in [2.75, 3.05) is 32.7 Å². The van der Waals surface area contributed by atoms with Crippen molar-refractivity contribution in [1.82, 2.24) is 15.5 Å². The summed E-state index contributed by atoms with van der Waals surface area (Å²) >= 11 is 0. The maximum absolute atomic E-state index is 3.65. The first kappa shape index (κ1) is 12.9. The zero-order valence-corrected chi connectivity index (χ0v) is 10.6. The first-order valence-electron chi connectivity index (χ1n) is 6.45. The standard InChI is InChI=1S/C12H27N3/c1-4-15(5-2)8-6-7-11(3)14-12-9-13-10-12/h11-14H,4-10H2,1-3H3. The number of hydrogen-bond acceptors (Lipinski definition) is 3. The van der Waals surface area contributed by atoms with Crippen LogP contribution >= 0.6 is 0 Å². The van der Waals surface area contributed by atoms with Crippen LogP contribution in [-0.4, -0.2) is 49.7 Å². The molecular formula is C12H27N3. The van der Waals surface area contributed by atoms with Gasteiger partial charge in [0.15, 0.2) is 0 Å². The molecule has 0 bridgehead atoms. The van der Waals surface area contributed by atoms with Crippen LogP contribution in [-0.2, 0) is 0 Å². The Kier molecular flexibility index (Phi) is 6.22. The van der Waals surface area contributed by atoms with Crippen LogP contribution in [0.15, 0.2) is 0 Å². The lowest BCUT2D eigenvalue weighted by atomic mass is 10.1. The van der Waals surface area contributed by atoms with Crippen LogP contribution in [0, 0.1) is 0 Å². The Morgan fingerprint density at radius 1 is 1.33 bits per heavy atom. The minimum absolute atomic E-state index is 0.674. The second-order valence-electron chi connectivity index (χ2n) is 4.59. The van der Waals surface area contributed by atoms with Gasteiger partial charge >= 0.3 is 0 Å². The molecule has 0 aromatic carbocycles. The van der Waals surface area contributed by atoms with E-state index in [1.165, 1.54) is 32.5 Å².